The van der Waals surface area contributed by atoms with Crippen LogP contribution in [0.15, 0.2) is 48.8 Å². The molecule has 0 amide bonds. The van der Waals surface area contributed by atoms with Crippen molar-refractivity contribution in [2.45, 2.75) is 12.8 Å². The molecule has 4 rings (SSSR count). The summed E-state index contributed by atoms with van der Waals surface area (Å²) in [7, 11) is 0. The van der Waals surface area contributed by atoms with Gasteiger partial charge in [-0.1, -0.05) is 18.2 Å². The fraction of sp³-hybridized carbons (Fsp3) is 0.238. The zero-order valence-corrected chi connectivity index (χ0v) is 14.7. The van der Waals surface area contributed by atoms with E-state index in [9.17, 15) is 4.79 Å². The second-order valence-corrected chi connectivity index (χ2v) is 6.78. The molecule has 0 unspecified atom stereocenters. The van der Waals surface area contributed by atoms with Crippen molar-refractivity contribution in [3.05, 3.63) is 65.9 Å². The van der Waals surface area contributed by atoms with Crippen molar-refractivity contribution in [3.63, 3.8) is 0 Å². The lowest BCUT2D eigenvalue weighted by Crippen LogP contribution is -2.16. The normalized spacial score (nSPS) is 16.2. The van der Waals surface area contributed by atoms with Gasteiger partial charge in [0.1, 0.15) is 11.3 Å². The Bertz CT molecular complexity index is 1100. The zero-order valence-electron chi connectivity index (χ0n) is 14.7. The molecule has 0 bridgehead atoms. The molecule has 1 fully saturated rings. The van der Waals surface area contributed by atoms with E-state index in [1.54, 1.807) is 17.2 Å². The van der Waals surface area contributed by atoms with Gasteiger partial charge in [0.05, 0.1) is 12.8 Å². The van der Waals surface area contributed by atoms with Crippen molar-refractivity contribution in [1.29, 1.82) is 5.26 Å². The number of nitrogens with zero attached hydrogens (tertiary/aromatic N) is 5. The maximum absolute atomic E-state index is 12.7. The number of rotatable bonds is 4. The average Bonchev–Trinajstić information content (AvgIpc) is 3.34. The van der Waals surface area contributed by atoms with Crippen LogP contribution in [0.1, 0.15) is 23.3 Å². The van der Waals surface area contributed by atoms with E-state index in [2.05, 4.69) is 16.0 Å². The molecule has 0 N–H and O–H groups in total. The smallest absolute Gasteiger partial charge is 0.187 e. The molecule has 1 aliphatic rings. The number of Topliss-reactive ketones (excluding diaryl/α,β-unsaturated/α-hetero) is 1. The summed E-state index contributed by atoms with van der Waals surface area (Å²) in [6, 6.07) is 11.3. The topological polar surface area (TPSA) is 65.8 Å². The van der Waals surface area contributed by atoms with Gasteiger partial charge >= 0.3 is 0 Å². The van der Waals surface area contributed by atoms with Crippen molar-refractivity contribution in [1.82, 2.24) is 14.3 Å². The van der Waals surface area contributed by atoms with Gasteiger partial charge in [-0.25, -0.2) is 9.83 Å². The molecule has 0 aliphatic carbocycles. The van der Waals surface area contributed by atoms with E-state index in [0.29, 0.717) is 30.0 Å². The van der Waals surface area contributed by atoms with Crippen LogP contribution in [0.3, 0.4) is 0 Å². The van der Waals surface area contributed by atoms with Crippen LogP contribution in [0.4, 0.5) is 5.69 Å². The van der Waals surface area contributed by atoms with Gasteiger partial charge in [-0.3, -0.25) is 9.20 Å². The van der Waals surface area contributed by atoms with Crippen LogP contribution in [0, 0.1) is 23.9 Å². The SMILES string of the molecule is [C-]#[N+]c1cccc(-c2ccn3c(C(=O)C[C@@H]4CCN(C#N)C4)cnc3c2)c1. The standard InChI is InChI=1S/C21H17N5O/c1-23-18-4-2-3-16(10-18)17-6-8-26-19(12-24-21(26)11-17)20(27)9-15-5-7-25(13-15)14-22/h2-4,6,8,10-12,15H,5,7,9,13H2/t15-/m0/s1. The van der Waals surface area contributed by atoms with Crippen LogP contribution in [0.25, 0.3) is 21.6 Å². The predicted molar refractivity (Wildman–Crippen MR) is 101 cm³/mol. The summed E-state index contributed by atoms with van der Waals surface area (Å²) in [4.78, 5) is 22.3. The quantitative estimate of drug-likeness (QED) is 0.404. The first-order valence-electron chi connectivity index (χ1n) is 8.81. The molecule has 0 saturated carbocycles. The van der Waals surface area contributed by atoms with Gasteiger partial charge in [-0.15, -0.1) is 0 Å². The van der Waals surface area contributed by atoms with Gasteiger partial charge in [0.2, 0.25) is 0 Å². The molecule has 1 atom stereocenters. The minimum atomic E-state index is 0.0510. The average molecular weight is 355 g/mol. The number of benzene rings is 1. The molecule has 2 aromatic heterocycles. The Balaban J connectivity index is 1.58. The number of imidazole rings is 1. The number of aromatic nitrogens is 2. The number of pyridine rings is 1. The molecular weight excluding hydrogens is 338 g/mol. The minimum absolute atomic E-state index is 0.0510. The first-order valence-corrected chi connectivity index (χ1v) is 8.81. The molecule has 132 valence electrons. The van der Waals surface area contributed by atoms with Crippen molar-refractivity contribution < 1.29 is 4.79 Å². The summed E-state index contributed by atoms with van der Waals surface area (Å²) in [5.41, 5.74) is 3.77. The van der Waals surface area contributed by atoms with Crippen LogP contribution >= 0.6 is 0 Å². The lowest BCUT2D eigenvalue weighted by Gasteiger charge is -2.09. The Morgan fingerprint density at radius 2 is 2.19 bits per heavy atom. The fourth-order valence-corrected chi connectivity index (χ4v) is 3.58. The first-order chi connectivity index (χ1) is 13.2. The number of likely N-dealkylation sites (tertiary alicyclic amines) is 1. The Kier molecular flexibility index (Phi) is 4.32. The summed E-state index contributed by atoms with van der Waals surface area (Å²) in [6.45, 7) is 8.54. The lowest BCUT2D eigenvalue weighted by atomic mass is 10.0. The largest absolute Gasteiger partial charge is 0.310 e. The maximum atomic E-state index is 12.7. The van der Waals surface area contributed by atoms with E-state index in [0.717, 1.165) is 24.1 Å². The summed E-state index contributed by atoms with van der Waals surface area (Å²) in [6.07, 6.45) is 6.92. The summed E-state index contributed by atoms with van der Waals surface area (Å²) in [5, 5.41) is 8.96. The molecule has 6 heteroatoms. The van der Waals surface area contributed by atoms with Crippen molar-refractivity contribution in [3.8, 4) is 17.3 Å². The molecule has 3 heterocycles. The van der Waals surface area contributed by atoms with E-state index in [-0.39, 0.29) is 11.7 Å². The highest BCUT2D eigenvalue weighted by Crippen LogP contribution is 2.26. The third-order valence-electron chi connectivity index (χ3n) is 5.01. The molecule has 3 aromatic rings. The Morgan fingerprint density at radius 1 is 1.33 bits per heavy atom. The minimum Gasteiger partial charge on any atom is -0.310 e. The third-order valence-corrected chi connectivity index (χ3v) is 5.01. The van der Waals surface area contributed by atoms with Crippen molar-refractivity contribution in [2.24, 2.45) is 5.92 Å². The zero-order chi connectivity index (χ0) is 18.8. The van der Waals surface area contributed by atoms with E-state index >= 15 is 0 Å². The van der Waals surface area contributed by atoms with E-state index in [1.807, 2.05) is 40.9 Å². The second-order valence-electron chi connectivity index (χ2n) is 6.78. The summed E-state index contributed by atoms with van der Waals surface area (Å²) in [5.74, 6) is 0.272. The van der Waals surface area contributed by atoms with E-state index in [4.69, 9.17) is 11.8 Å². The number of carbonyl (C=O) groups is 1. The van der Waals surface area contributed by atoms with Gasteiger partial charge in [0, 0.05) is 25.7 Å². The van der Waals surface area contributed by atoms with Crippen LogP contribution < -0.4 is 0 Å². The van der Waals surface area contributed by atoms with Crippen molar-refractivity contribution in [2.75, 3.05) is 13.1 Å². The molecule has 0 radical (unpaired) electrons. The first kappa shape index (κ1) is 16.8. The third kappa shape index (κ3) is 3.26. The van der Waals surface area contributed by atoms with Gasteiger partial charge in [0.15, 0.2) is 17.7 Å². The second kappa shape index (κ2) is 6.93. The molecule has 0 spiro atoms. The van der Waals surface area contributed by atoms with Crippen LogP contribution in [0.5, 0.6) is 0 Å². The number of hydrogen-bond donors (Lipinski definition) is 0. The summed E-state index contributed by atoms with van der Waals surface area (Å²) >= 11 is 0. The lowest BCUT2D eigenvalue weighted by molar-refractivity contribution is 0.0957. The monoisotopic (exact) mass is 355 g/mol. The van der Waals surface area contributed by atoms with E-state index in [1.165, 1.54) is 0 Å². The van der Waals surface area contributed by atoms with Crippen LogP contribution in [-0.2, 0) is 0 Å². The molecule has 27 heavy (non-hydrogen) atoms. The number of carbonyl (C=O) groups excluding carboxylic acids is 1. The van der Waals surface area contributed by atoms with Gasteiger partial charge < -0.3 is 4.90 Å². The number of nitriles is 1. The highest BCUT2D eigenvalue weighted by atomic mass is 16.1. The number of fused-ring (bicyclic) bond motifs is 1. The van der Waals surface area contributed by atoms with Crippen LogP contribution in [0.2, 0.25) is 0 Å². The fourth-order valence-electron chi connectivity index (χ4n) is 3.58. The molecule has 6 nitrogen and oxygen atoms in total. The van der Waals surface area contributed by atoms with Crippen molar-refractivity contribution >= 4 is 17.1 Å². The molecule has 1 aliphatic heterocycles. The highest BCUT2D eigenvalue weighted by molar-refractivity contribution is 5.95. The maximum Gasteiger partial charge on any atom is 0.187 e. The molecule has 1 saturated heterocycles. The predicted octanol–water partition coefficient (Wildman–Crippen LogP) is 3.93. The Hall–Kier alpha value is -3.64. The molecule has 1 aromatic carbocycles. The molecular formula is C21H17N5O. The highest BCUT2D eigenvalue weighted by Gasteiger charge is 2.25. The van der Waals surface area contributed by atoms with Crippen LogP contribution in [-0.4, -0.2) is 33.2 Å². The van der Waals surface area contributed by atoms with Gasteiger partial charge in [0.25, 0.3) is 0 Å². The Labute approximate surface area is 157 Å². The van der Waals surface area contributed by atoms with Gasteiger partial charge in [-0.05, 0) is 41.7 Å². The van der Waals surface area contributed by atoms with E-state index < -0.39 is 0 Å². The number of hydrogen-bond acceptors (Lipinski definition) is 4. The Morgan fingerprint density at radius 3 is 2.96 bits per heavy atom. The number of ketones is 1. The van der Waals surface area contributed by atoms with Gasteiger partial charge in [-0.2, -0.15) is 5.26 Å². The summed E-state index contributed by atoms with van der Waals surface area (Å²) < 4.78 is 1.81.